The largest absolute Gasteiger partial charge is 0.329 e. The summed E-state index contributed by atoms with van der Waals surface area (Å²) in [6, 6.07) is 7.56. The third kappa shape index (κ3) is 3.79. The van der Waals surface area contributed by atoms with Crippen molar-refractivity contribution >= 4 is 27.5 Å². The molecular formula is C21H19N5O2S. The first-order valence-corrected chi connectivity index (χ1v) is 9.88. The Morgan fingerprint density at radius 1 is 1.10 bits per heavy atom. The van der Waals surface area contributed by atoms with Gasteiger partial charge in [-0.25, -0.2) is 4.98 Å². The summed E-state index contributed by atoms with van der Waals surface area (Å²) in [5.41, 5.74) is 2.44. The zero-order chi connectivity index (χ0) is 20.4. The number of carbonyl (C=O) groups is 1. The van der Waals surface area contributed by atoms with Gasteiger partial charge in [0.1, 0.15) is 4.83 Å². The average molecular weight is 405 g/mol. The Morgan fingerprint density at radius 3 is 2.59 bits per heavy atom. The maximum absolute atomic E-state index is 13.5. The van der Waals surface area contributed by atoms with Crippen LogP contribution in [0, 0.1) is 6.92 Å². The van der Waals surface area contributed by atoms with Gasteiger partial charge < -0.3 is 9.47 Å². The molecule has 0 spiro atoms. The van der Waals surface area contributed by atoms with Crippen LogP contribution in [0.2, 0.25) is 0 Å². The molecule has 29 heavy (non-hydrogen) atoms. The normalized spacial score (nSPS) is 11.0. The van der Waals surface area contributed by atoms with Gasteiger partial charge in [-0.15, -0.1) is 11.3 Å². The summed E-state index contributed by atoms with van der Waals surface area (Å²) >= 11 is 1.26. The van der Waals surface area contributed by atoms with Crippen LogP contribution in [-0.2, 0) is 20.1 Å². The van der Waals surface area contributed by atoms with Gasteiger partial charge in [-0.05, 0) is 41.8 Å². The molecule has 0 N–H and O–H groups in total. The minimum atomic E-state index is -0.143. The smallest absolute Gasteiger partial charge is 0.264 e. The molecule has 0 aromatic carbocycles. The highest BCUT2D eigenvalue weighted by molar-refractivity contribution is 7.20. The minimum Gasteiger partial charge on any atom is -0.329 e. The molecular weight excluding hydrogens is 386 g/mol. The van der Waals surface area contributed by atoms with Crippen molar-refractivity contribution in [1.82, 2.24) is 24.4 Å². The monoisotopic (exact) mass is 405 g/mol. The lowest BCUT2D eigenvalue weighted by atomic mass is 10.1. The van der Waals surface area contributed by atoms with Crippen LogP contribution in [0.4, 0.5) is 0 Å². The van der Waals surface area contributed by atoms with E-state index in [9.17, 15) is 9.59 Å². The number of nitrogens with zero attached hydrogens (tertiary/aromatic N) is 5. The molecule has 4 heterocycles. The highest BCUT2D eigenvalue weighted by Gasteiger charge is 2.24. The van der Waals surface area contributed by atoms with Crippen LogP contribution in [-0.4, -0.2) is 30.3 Å². The summed E-state index contributed by atoms with van der Waals surface area (Å²) in [5, 5.41) is 0.508. The number of aryl methyl sites for hydroxylation is 2. The van der Waals surface area contributed by atoms with E-state index in [1.807, 2.05) is 31.2 Å². The van der Waals surface area contributed by atoms with Crippen molar-refractivity contribution in [2.24, 2.45) is 7.05 Å². The Hall–Kier alpha value is -3.39. The molecule has 4 rings (SSSR count). The zero-order valence-corrected chi connectivity index (χ0v) is 16.9. The molecule has 146 valence electrons. The number of rotatable bonds is 5. The Labute approximate surface area is 171 Å². The van der Waals surface area contributed by atoms with Gasteiger partial charge in [0.25, 0.3) is 11.5 Å². The predicted molar refractivity (Wildman–Crippen MR) is 112 cm³/mol. The van der Waals surface area contributed by atoms with Crippen LogP contribution in [0.25, 0.3) is 10.2 Å². The molecule has 0 bridgehead atoms. The molecule has 1 amide bonds. The van der Waals surface area contributed by atoms with Crippen molar-refractivity contribution in [1.29, 1.82) is 0 Å². The summed E-state index contributed by atoms with van der Waals surface area (Å²) in [4.78, 5) is 41.4. The number of carbonyl (C=O) groups excluding carboxylic acids is 1. The highest BCUT2D eigenvalue weighted by Crippen LogP contribution is 2.29. The molecule has 0 fully saturated rings. The van der Waals surface area contributed by atoms with Gasteiger partial charge in [0, 0.05) is 44.9 Å². The van der Waals surface area contributed by atoms with Gasteiger partial charge in [0.2, 0.25) is 0 Å². The Balaban J connectivity index is 1.74. The van der Waals surface area contributed by atoms with E-state index >= 15 is 0 Å². The second kappa shape index (κ2) is 7.92. The van der Waals surface area contributed by atoms with Crippen LogP contribution in [0.5, 0.6) is 0 Å². The molecule has 0 aliphatic heterocycles. The van der Waals surface area contributed by atoms with Crippen LogP contribution in [0.15, 0.2) is 60.2 Å². The fourth-order valence-corrected chi connectivity index (χ4v) is 4.28. The standard InChI is InChI=1S/C21H19N5O2S/c1-14-17-19(24-13-25(2)20(17)27)29-18(14)21(28)26(11-15-5-8-22-9-6-15)12-16-4-3-7-23-10-16/h3-10,13H,11-12H2,1-2H3. The molecule has 0 saturated heterocycles. The van der Waals surface area contributed by atoms with Gasteiger partial charge in [0.05, 0.1) is 16.6 Å². The average Bonchev–Trinajstić information content (AvgIpc) is 3.08. The van der Waals surface area contributed by atoms with Crippen LogP contribution in [0.1, 0.15) is 26.4 Å². The fraction of sp³-hybridized carbons (Fsp3) is 0.190. The third-order valence-corrected chi connectivity index (χ3v) is 5.90. The van der Waals surface area contributed by atoms with Crippen LogP contribution in [0.3, 0.4) is 0 Å². The summed E-state index contributed by atoms with van der Waals surface area (Å²) in [7, 11) is 1.66. The SMILES string of the molecule is Cc1c(C(=O)N(Cc2ccncc2)Cc2cccnc2)sc2ncn(C)c(=O)c12. The van der Waals surface area contributed by atoms with E-state index in [0.717, 1.165) is 11.1 Å². The van der Waals surface area contributed by atoms with Gasteiger partial charge in [-0.2, -0.15) is 0 Å². The van der Waals surface area contributed by atoms with Crippen molar-refractivity contribution in [3.05, 3.63) is 87.3 Å². The van der Waals surface area contributed by atoms with E-state index in [2.05, 4.69) is 15.0 Å². The van der Waals surface area contributed by atoms with E-state index in [1.54, 1.807) is 36.7 Å². The first kappa shape index (κ1) is 18.9. The molecule has 0 aliphatic carbocycles. The number of fused-ring (bicyclic) bond motifs is 1. The van der Waals surface area contributed by atoms with Crippen molar-refractivity contribution in [2.75, 3.05) is 0 Å². The number of hydrogen-bond donors (Lipinski definition) is 0. The molecule has 0 atom stereocenters. The number of amides is 1. The number of aromatic nitrogens is 4. The zero-order valence-electron chi connectivity index (χ0n) is 16.1. The lowest BCUT2D eigenvalue weighted by molar-refractivity contribution is 0.0734. The van der Waals surface area contributed by atoms with Gasteiger partial charge in [-0.3, -0.25) is 19.6 Å². The van der Waals surface area contributed by atoms with Crippen LogP contribution >= 0.6 is 11.3 Å². The summed E-state index contributed by atoms with van der Waals surface area (Å²) in [6.07, 6.45) is 8.36. The molecule has 7 nitrogen and oxygen atoms in total. The highest BCUT2D eigenvalue weighted by atomic mass is 32.1. The molecule has 0 saturated carbocycles. The first-order valence-electron chi connectivity index (χ1n) is 9.06. The quantitative estimate of drug-likeness (QED) is 0.510. The Morgan fingerprint density at radius 2 is 1.86 bits per heavy atom. The van der Waals surface area contributed by atoms with Crippen molar-refractivity contribution in [3.8, 4) is 0 Å². The maximum Gasteiger partial charge on any atom is 0.264 e. The fourth-order valence-electron chi connectivity index (χ4n) is 3.18. The molecule has 8 heteroatoms. The number of pyridine rings is 2. The topological polar surface area (TPSA) is 81.0 Å². The van der Waals surface area contributed by atoms with Crippen molar-refractivity contribution < 1.29 is 4.79 Å². The Kier molecular flexibility index (Phi) is 5.18. The molecule has 4 aromatic rings. The van der Waals surface area contributed by atoms with E-state index in [0.29, 0.717) is 33.7 Å². The maximum atomic E-state index is 13.5. The van der Waals surface area contributed by atoms with Gasteiger partial charge in [0.15, 0.2) is 0 Å². The summed E-state index contributed by atoms with van der Waals surface area (Å²) in [6.45, 7) is 2.65. The minimum absolute atomic E-state index is 0.131. The van der Waals surface area contributed by atoms with Crippen molar-refractivity contribution in [3.63, 3.8) is 0 Å². The molecule has 0 unspecified atom stereocenters. The van der Waals surface area contributed by atoms with Crippen LogP contribution < -0.4 is 5.56 Å². The summed E-state index contributed by atoms with van der Waals surface area (Å²) in [5.74, 6) is -0.131. The Bertz CT molecular complexity index is 1180. The summed E-state index contributed by atoms with van der Waals surface area (Å²) < 4.78 is 1.43. The third-order valence-electron chi connectivity index (χ3n) is 4.71. The lowest BCUT2D eigenvalue weighted by Gasteiger charge is -2.22. The lowest BCUT2D eigenvalue weighted by Crippen LogP contribution is -2.30. The predicted octanol–water partition coefficient (Wildman–Crippen LogP) is 2.94. The van der Waals surface area contributed by atoms with Gasteiger partial charge in [-0.1, -0.05) is 6.07 Å². The van der Waals surface area contributed by atoms with E-state index in [1.165, 1.54) is 22.2 Å². The van der Waals surface area contributed by atoms with E-state index in [-0.39, 0.29) is 11.5 Å². The first-order chi connectivity index (χ1) is 14.0. The number of thiophene rings is 1. The van der Waals surface area contributed by atoms with Crippen molar-refractivity contribution in [2.45, 2.75) is 20.0 Å². The second-order valence-electron chi connectivity index (χ2n) is 6.77. The molecule has 0 radical (unpaired) electrons. The van der Waals surface area contributed by atoms with E-state index < -0.39 is 0 Å². The van der Waals surface area contributed by atoms with E-state index in [4.69, 9.17) is 0 Å². The van der Waals surface area contributed by atoms with Gasteiger partial charge >= 0.3 is 0 Å². The molecule has 0 aliphatic rings. The molecule has 4 aromatic heterocycles. The number of hydrogen-bond acceptors (Lipinski definition) is 6. The second-order valence-corrected chi connectivity index (χ2v) is 7.77.